The minimum Gasteiger partial charge on any atom is -0.375 e. The lowest BCUT2D eigenvalue weighted by molar-refractivity contribution is 0.628. The molecule has 0 bridgehead atoms. The van der Waals surface area contributed by atoms with E-state index < -0.39 is 5.82 Å². The van der Waals surface area contributed by atoms with E-state index >= 15 is 0 Å². The van der Waals surface area contributed by atoms with Crippen molar-refractivity contribution < 1.29 is 4.39 Å². The minimum atomic E-state index is -0.571. The number of thiocarbonyl (C=S) groups is 1. The first-order valence-corrected chi connectivity index (χ1v) is 4.91. The highest BCUT2D eigenvalue weighted by Crippen LogP contribution is 2.25. The second-order valence-corrected chi connectivity index (χ2v) is 3.72. The number of benzene rings is 1. The van der Waals surface area contributed by atoms with Crippen LogP contribution in [0, 0.1) is 5.82 Å². The highest BCUT2D eigenvalue weighted by atomic mass is 35.5. The zero-order valence-corrected chi connectivity index (χ0v) is 9.63. The van der Waals surface area contributed by atoms with Crippen LogP contribution in [0.4, 0.5) is 4.39 Å². The molecule has 15 heavy (non-hydrogen) atoms. The van der Waals surface area contributed by atoms with Crippen LogP contribution < -0.4 is 11.2 Å². The van der Waals surface area contributed by atoms with E-state index in [2.05, 4.69) is 22.7 Å². The van der Waals surface area contributed by atoms with E-state index in [-0.39, 0.29) is 20.7 Å². The molecule has 0 aliphatic rings. The van der Waals surface area contributed by atoms with Gasteiger partial charge >= 0.3 is 0 Å². The smallest absolute Gasteiger partial charge is 0.184 e. The largest absolute Gasteiger partial charge is 0.375 e. The van der Waals surface area contributed by atoms with Crippen LogP contribution in [0.2, 0.25) is 10.0 Å². The second kappa shape index (κ2) is 5.25. The number of nitrogens with zero attached hydrogens (tertiary/aromatic N) is 1. The van der Waals surface area contributed by atoms with Gasteiger partial charge in [-0.2, -0.15) is 5.10 Å². The zero-order valence-electron chi connectivity index (χ0n) is 7.30. The molecule has 0 amide bonds. The SMILES string of the molecule is NC(=S)NN=Cc1c(Cl)ccc(F)c1Cl. The molecule has 0 aliphatic heterocycles. The van der Waals surface area contributed by atoms with Gasteiger partial charge in [-0.1, -0.05) is 23.2 Å². The van der Waals surface area contributed by atoms with Crippen LogP contribution in [-0.4, -0.2) is 11.3 Å². The average Bonchev–Trinajstić information content (AvgIpc) is 2.17. The Bertz CT molecular complexity index is 423. The van der Waals surface area contributed by atoms with Crippen molar-refractivity contribution in [3.05, 3.63) is 33.6 Å². The normalized spacial score (nSPS) is 10.6. The van der Waals surface area contributed by atoms with Crippen LogP contribution in [-0.2, 0) is 0 Å². The number of hydrazone groups is 1. The van der Waals surface area contributed by atoms with Gasteiger partial charge in [0.15, 0.2) is 5.11 Å². The predicted molar refractivity (Wildman–Crippen MR) is 63.9 cm³/mol. The van der Waals surface area contributed by atoms with Crippen molar-refractivity contribution in [1.29, 1.82) is 0 Å². The van der Waals surface area contributed by atoms with Crippen molar-refractivity contribution in [1.82, 2.24) is 5.43 Å². The number of hydrogen-bond acceptors (Lipinski definition) is 2. The van der Waals surface area contributed by atoms with Crippen LogP contribution in [0.5, 0.6) is 0 Å². The number of nitrogens with two attached hydrogens (primary N) is 1. The third kappa shape index (κ3) is 3.30. The fourth-order valence-corrected chi connectivity index (χ4v) is 1.34. The standard InChI is InChI=1S/C8H6Cl2FN3S/c9-5-1-2-6(11)7(10)4(5)3-13-14-8(12)15/h1-3H,(H3,12,14,15). The zero-order chi connectivity index (χ0) is 11.4. The van der Waals surface area contributed by atoms with Gasteiger partial charge in [-0.05, 0) is 24.4 Å². The van der Waals surface area contributed by atoms with Crippen LogP contribution >= 0.6 is 35.4 Å². The Morgan fingerprint density at radius 3 is 2.80 bits per heavy atom. The first-order chi connectivity index (χ1) is 7.02. The van der Waals surface area contributed by atoms with Crippen LogP contribution in [0.3, 0.4) is 0 Å². The lowest BCUT2D eigenvalue weighted by Gasteiger charge is -2.02. The van der Waals surface area contributed by atoms with Gasteiger partial charge in [0.25, 0.3) is 0 Å². The van der Waals surface area contributed by atoms with Crippen molar-refractivity contribution in [2.75, 3.05) is 0 Å². The molecule has 0 unspecified atom stereocenters. The molecular weight excluding hydrogens is 260 g/mol. The maximum atomic E-state index is 13.0. The van der Waals surface area contributed by atoms with E-state index in [1.54, 1.807) is 0 Å². The van der Waals surface area contributed by atoms with Crippen LogP contribution in [0.1, 0.15) is 5.56 Å². The van der Waals surface area contributed by atoms with Crippen molar-refractivity contribution >= 4 is 46.7 Å². The molecule has 0 spiro atoms. The quantitative estimate of drug-likeness (QED) is 0.374. The Kier molecular flexibility index (Phi) is 4.26. The lowest BCUT2D eigenvalue weighted by Crippen LogP contribution is -2.24. The van der Waals surface area contributed by atoms with Crippen molar-refractivity contribution in [3.8, 4) is 0 Å². The third-order valence-electron chi connectivity index (χ3n) is 1.45. The second-order valence-electron chi connectivity index (χ2n) is 2.49. The van der Waals surface area contributed by atoms with E-state index in [9.17, 15) is 4.39 Å². The summed E-state index contributed by atoms with van der Waals surface area (Å²) in [5.74, 6) is -0.571. The van der Waals surface area contributed by atoms with Gasteiger partial charge < -0.3 is 5.73 Å². The summed E-state index contributed by atoms with van der Waals surface area (Å²) >= 11 is 16.0. The van der Waals surface area contributed by atoms with Crippen molar-refractivity contribution in [2.24, 2.45) is 10.8 Å². The summed E-state index contributed by atoms with van der Waals surface area (Å²) < 4.78 is 13.0. The predicted octanol–water partition coefficient (Wildman–Crippen LogP) is 2.30. The van der Waals surface area contributed by atoms with Gasteiger partial charge in [-0.25, -0.2) is 4.39 Å². The number of hydrogen-bond donors (Lipinski definition) is 2. The highest BCUT2D eigenvalue weighted by molar-refractivity contribution is 7.80. The summed E-state index contributed by atoms with van der Waals surface area (Å²) in [6.07, 6.45) is 1.24. The molecule has 0 atom stereocenters. The topological polar surface area (TPSA) is 50.4 Å². The van der Waals surface area contributed by atoms with E-state index in [1.165, 1.54) is 18.3 Å². The fraction of sp³-hybridized carbons (Fsp3) is 0. The highest BCUT2D eigenvalue weighted by Gasteiger charge is 2.08. The maximum Gasteiger partial charge on any atom is 0.184 e. The minimum absolute atomic E-state index is 0.00472. The molecule has 0 radical (unpaired) electrons. The average molecular weight is 266 g/mol. The molecule has 0 aromatic heterocycles. The Morgan fingerprint density at radius 1 is 1.53 bits per heavy atom. The third-order valence-corrected chi connectivity index (χ3v) is 2.25. The van der Waals surface area contributed by atoms with Gasteiger partial charge in [-0.3, -0.25) is 5.43 Å². The molecule has 0 aliphatic carbocycles. The monoisotopic (exact) mass is 265 g/mol. The first kappa shape index (κ1) is 12.2. The van der Waals surface area contributed by atoms with Crippen molar-refractivity contribution in [3.63, 3.8) is 0 Å². The molecule has 1 aromatic rings. The van der Waals surface area contributed by atoms with E-state index in [0.717, 1.165) is 0 Å². The molecule has 80 valence electrons. The Labute approximate surface area is 101 Å². The number of rotatable bonds is 2. The molecule has 1 rings (SSSR count). The molecule has 0 heterocycles. The Balaban J connectivity index is 2.98. The van der Waals surface area contributed by atoms with E-state index in [0.29, 0.717) is 0 Å². The van der Waals surface area contributed by atoms with Crippen LogP contribution in [0.25, 0.3) is 0 Å². The molecule has 3 N–H and O–H groups in total. The van der Waals surface area contributed by atoms with Gasteiger partial charge in [-0.15, -0.1) is 0 Å². The summed E-state index contributed by atoms with van der Waals surface area (Å²) in [7, 11) is 0. The number of halogens is 3. The maximum absolute atomic E-state index is 13.0. The lowest BCUT2D eigenvalue weighted by atomic mass is 10.2. The molecule has 7 heteroatoms. The van der Waals surface area contributed by atoms with Crippen molar-refractivity contribution in [2.45, 2.75) is 0 Å². The first-order valence-electron chi connectivity index (χ1n) is 3.74. The van der Waals surface area contributed by atoms with Gasteiger partial charge in [0.2, 0.25) is 0 Å². The Morgan fingerprint density at radius 2 is 2.20 bits per heavy atom. The van der Waals surface area contributed by atoms with Gasteiger partial charge in [0.1, 0.15) is 5.82 Å². The summed E-state index contributed by atoms with van der Waals surface area (Å²) in [5.41, 5.74) is 7.70. The van der Waals surface area contributed by atoms with Crippen LogP contribution in [0.15, 0.2) is 17.2 Å². The van der Waals surface area contributed by atoms with E-state index in [4.69, 9.17) is 28.9 Å². The molecule has 3 nitrogen and oxygen atoms in total. The van der Waals surface area contributed by atoms with Gasteiger partial charge in [0.05, 0.1) is 16.3 Å². The number of nitrogens with one attached hydrogen (secondary N) is 1. The summed E-state index contributed by atoms with van der Waals surface area (Å²) in [5, 5.41) is 3.81. The Hall–Kier alpha value is -0.910. The molecule has 0 saturated carbocycles. The molecule has 0 saturated heterocycles. The summed E-state index contributed by atoms with van der Waals surface area (Å²) in [6.45, 7) is 0. The fourth-order valence-electron chi connectivity index (χ4n) is 0.822. The molecule has 1 aromatic carbocycles. The summed E-state index contributed by atoms with van der Waals surface area (Å²) in [6, 6.07) is 2.55. The van der Waals surface area contributed by atoms with Gasteiger partial charge in [0, 0.05) is 5.56 Å². The molecule has 0 fully saturated rings. The molecular formula is C8H6Cl2FN3S. The van der Waals surface area contributed by atoms with E-state index in [1.807, 2.05) is 0 Å². The summed E-state index contributed by atoms with van der Waals surface area (Å²) in [4.78, 5) is 0.